The van der Waals surface area contributed by atoms with Crippen molar-refractivity contribution in [3.63, 3.8) is 0 Å². The van der Waals surface area contributed by atoms with Gasteiger partial charge in [-0.25, -0.2) is 4.39 Å². The molecule has 2 aliphatic rings. The molecule has 0 saturated carbocycles. The second kappa shape index (κ2) is 6.49. The Morgan fingerprint density at radius 3 is 2.92 bits per heavy atom. The van der Waals surface area contributed by atoms with Gasteiger partial charge in [0.15, 0.2) is 12.8 Å². The van der Waals surface area contributed by atoms with Crippen molar-refractivity contribution in [3.05, 3.63) is 63.3 Å². The van der Waals surface area contributed by atoms with Gasteiger partial charge < -0.3 is 14.4 Å². The molecule has 1 atom stereocenters. The second-order valence-electron chi connectivity index (χ2n) is 6.30. The first-order valence-corrected chi connectivity index (χ1v) is 8.41. The van der Waals surface area contributed by atoms with Gasteiger partial charge >= 0.3 is 0 Å². The minimum Gasteiger partial charge on any atom is -0.467 e. The van der Waals surface area contributed by atoms with E-state index >= 15 is 0 Å². The van der Waals surface area contributed by atoms with Crippen molar-refractivity contribution in [1.29, 1.82) is 0 Å². The number of rotatable bonds is 4. The number of halogens is 1. The van der Waals surface area contributed by atoms with E-state index in [-0.39, 0.29) is 19.9 Å². The molecule has 0 spiro atoms. The number of fused-ring (bicyclic) bond motifs is 2. The van der Waals surface area contributed by atoms with E-state index in [1.165, 1.54) is 17.0 Å². The fourth-order valence-electron chi connectivity index (χ4n) is 3.65. The topological polar surface area (TPSA) is 68.2 Å². The van der Waals surface area contributed by atoms with Crippen LogP contribution in [-0.2, 0) is 29.1 Å². The minimum absolute atomic E-state index is 0.0780. The summed E-state index contributed by atoms with van der Waals surface area (Å²) in [5.41, 5.74) is 3.34. The summed E-state index contributed by atoms with van der Waals surface area (Å²) in [5, 5.41) is 3.05. The van der Waals surface area contributed by atoms with E-state index in [1.54, 1.807) is 6.07 Å². The fourth-order valence-corrected chi connectivity index (χ4v) is 3.65. The van der Waals surface area contributed by atoms with Crippen molar-refractivity contribution < 1.29 is 18.7 Å². The molecule has 2 aromatic rings. The van der Waals surface area contributed by atoms with Crippen LogP contribution in [0.25, 0.3) is 0 Å². The average Bonchev–Trinajstić information content (AvgIpc) is 2.93. The molecule has 7 heteroatoms. The number of ether oxygens (including phenoxy) is 2. The fraction of sp³-hybridized carbons (Fsp3) is 0.316. The highest BCUT2D eigenvalue weighted by Gasteiger charge is 2.40. The Kier molecular flexibility index (Phi) is 4.16. The van der Waals surface area contributed by atoms with Gasteiger partial charge in [-0.1, -0.05) is 24.2 Å². The first kappa shape index (κ1) is 16.7. The molecule has 1 amide bonds. The van der Waals surface area contributed by atoms with Crippen molar-refractivity contribution in [3.8, 4) is 5.75 Å². The Morgan fingerprint density at radius 1 is 1.31 bits per heavy atom. The van der Waals surface area contributed by atoms with E-state index in [9.17, 15) is 14.1 Å². The smallest absolute Gasteiger partial charge is 0.260 e. The third-order valence-electron chi connectivity index (χ3n) is 4.80. The Bertz CT molecular complexity index is 899. The van der Waals surface area contributed by atoms with E-state index in [0.29, 0.717) is 34.5 Å². The molecule has 0 saturated heterocycles. The Hall–Kier alpha value is -2.80. The van der Waals surface area contributed by atoms with Gasteiger partial charge in [0.2, 0.25) is 0 Å². The highest BCUT2D eigenvalue weighted by molar-refractivity contribution is 6.05. The van der Waals surface area contributed by atoms with Crippen LogP contribution in [0.3, 0.4) is 0 Å². The van der Waals surface area contributed by atoms with Gasteiger partial charge in [0.25, 0.3) is 5.91 Å². The Labute approximate surface area is 149 Å². The van der Waals surface area contributed by atoms with E-state index in [1.807, 2.05) is 19.1 Å². The third kappa shape index (κ3) is 2.55. The van der Waals surface area contributed by atoms with Gasteiger partial charge in [-0.15, -0.1) is 4.91 Å². The number of amides is 1. The van der Waals surface area contributed by atoms with Crippen LogP contribution in [0.1, 0.15) is 35.2 Å². The van der Waals surface area contributed by atoms with Crippen LogP contribution in [0.4, 0.5) is 10.1 Å². The quantitative estimate of drug-likeness (QED) is 0.785. The SMILES string of the molecule is CCc1cccc2c1C(N=O)C(=O)N2Cc1cc(F)cc2c1OCOC2. The Morgan fingerprint density at radius 2 is 2.15 bits per heavy atom. The van der Waals surface area contributed by atoms with Crippen LogP contribution in [0, 0.1) is 10.7 Å². The van der Waals surface area contributed by atoms with Crippen LogP contribution < -0.4 is 9.64 Å². The predicted octanol–water partition coefficient (Wildman–Crippen LogP) is 3.61. The molecule has 0 radical (unpaired) electrons. The minimum atomic E-state index is -1.06. The third-order valence-corrected chi connectivity index (χ3v) is 4.80. The monoisotopic (exact) mass is 356 g/mol. The molecule has 0 aromatic heterocycles. The Balaban J connectivity index is 1.78. The van der Waals surface area contributed by atoms with Crippen molar-refractivity contribution in [2.24, 2.45) is 5.18 Å². The molecule has 0 fully saturated rings. The number of benzene rings is 2. The second-order valence-corrected chi connectivity index (χ2v) is 6.30. The first-order chi connectivity index (χ1) is 12.6. The number of nitroso groups, excluding NO2 is 1. The number of aryl methyl sites for hydroxylation is 1. The maximum absolute atomic E-state index is 14.0. The van der Waals surface area contributed by atoms with Crippen molar-refractivity contribution in [2.75, 3.05) is 11.7 Å². The van der Waals surface area contributed by atoms with Gasteiger partial charge in [0.05, 0.1) is 18.8 Å². The lowest BCUT2D eigenvalue weighted by molar-refractivity contribution is -0.119. The number of hydrogen-bond donors (Lipinski definition) is 0. The molecule has 0 bridgehead atoms. The van der Waals surface area contributed by atoms with Gasteiger partial charge in [0, 0.05) is 16.7 Å². The predicted molar refractivity (Wildman–Crippen MR) is 92.2 cm³/mol. The molecule has 1 unspecified atom stereocenters. The van der Waals surface area contributed by atoms with Crippen LogP contribution >= 0.6 is 0 Å². The number of hydrogen-bond acceptors (Lipinski definition) is 5. The summed E-state index contributed by atoms with van der Waals surface area (Å²) in [6.45, 7) is 2.39. The average molecular weight is 356 g/mol. The number of carbonyl (C=O) groups excluding carboxylic acids is 1. The van der Waals surface area contributed by atoms with Crippen molar-refractivity contribution >= 4 is 11.6 Å². The van der Waals surface area contributed by atoms with Gasteiger partial charge in [-0.2, -0.15) is 0 Å². The van der Waals surface area contributed by atoms with E-state index in [4.69, 9.17) is 9.47 Å². The molecule has 134 valence electrons. The van der Waals surface area contributed by atoms with Crippen molar-refractivity contribution in [2.45, 2.75) is 32.5 Å². The molecule has 2 aliphatic heterocycles. The van der Waals surface area contributed by atoms with Crippen LogP contribution in [0.5, 0.6) is 5.75 Å². The normalized spacial score (nSPS) is 18.3. The lowest BCUT2D eigenvalue weighted by atomic mass is 10.00. The molecule has 0 aliphatic carbocycles. The van der Waals surface area contributed by atoms with Gasteiger partial charge in [-0.05, 0) is 30.2 Å². The zero-order valence-corrected chi connectivity index (χ0v) is 14.2. The highest BCUT2D eigenvalue weighted by Crippen LogP contribution is 2.42. The van der Waals surface area contributed by atoms with E-state index < -0.39 is 17.8 Å². The number of anilines is 1. The summed E-state index contributed by atoms with van der Waals surface area (Å²) in [6, 6.07) is 7.17. The maximum Gasteiger partial charge on any atom is 0.260 e. The zero-order chi connectivity index (χ0) is 18.3. The lowest BCUT2D eigenvalue weighted by Crippen LogP contribution is -2.28. The number of carbonyl (C=O) groups is 1. The highest BCUT2D eigenvalue weighted by atomic mass is 19.1. The summed E-state index contributed by atoms with van der Waals surface area (Å²) in [4.78, 5) is 25.6. The number of nitrogens with zero attached hydrogens (tertiary/aromatic N) is 2. The van der Waals surface area contributed by atoms with Gasteiger partial charge in [0.1, 0.15) is 11.6 Å². The largest absolute Gasteiger partial charge is 0.467 e. The molecule has 26 heavy (non-hydrogen) atoms. The summed E-state index contributed by atoms with van der Waals surface area (Å²) in [5.74, 6) is -0.297. The zero-order valence-electron chi connectivity index (χ0n) is 14.2. The maximum atomic E-state index is 14.0. The summed E-state index contributed by atoms with van der Waals surface area (Å²) >= 11 is 0. The standard InChI is InChI=1S/C19H17FN2O4/c1-2-11-4-3-5-15-16(11)17(21-24)19(23)22(15)8-12-6-14(20)7-13-9-25-10-26-18(12)13/h3-7,17H,2,8-10H2,1H3. The first-order valence-electron chi connectivity index (χ1n) is 8.41. The summed E-state index contributed by atoms with van der Waals surface area (Å²) in [7, 11) is 0. The summed E-state index contributed by atoms with van der Waals surface area (Å²) in [6.07, 6.45) is 0.687. The van der Waals surface area contributed by atoms with Crippen molar-refractivity contribution in [1.82, 2.24) is 0 Å². The molecular formula is C19H17FN2O4. The molecule has 0 N–H and O–H groups in total. The molecular weight excluding hydrogens is 339 g/mol. The molecule has 2 aromatic carbocycles. The summed E-state index contributed by atoms with van der Waals surface area (Å²) < 4.78 is 24.7. The van der Waals surface area contributed by atoms with Crippen LogP contribution in [-0.4, -0.2) is 12.7 Å². The lowest BCUT2D eigenvalue weighted by Gasteiger charge is -2.24. The van der Waals surface area contributed by atoms with E-state index in [0.717, 1.165) is 5.56 Å². The molecule has 6 nitrogen and oxygen atoms in total. The van der Waals surface area contributed by atoms with Crippen LogP contribution in [0.2, 0.25) is 0 Å². The van der Waals surface area contributed by atoms with E-state index in [2.05, 4.69) is 5.18 Å². The molecule has 4 rings (SSSR count). The van der Waals surface area contributed by atoms with Crippen LogP contribution in [0.15, 0.2) is 35.5 Å². The molecule has 2 heterocycles. The van der Waals surface area contributed by atoms with Gasteiger partial charge in [-0.3, -0.25) is 4.79 Å².